The molecule has 0 aliphatic carbocycles. The van der Waals surface area contributed by atoms with E-state index in [0.29, 0.717) is 5.56 Å². The van der Waals surface area contributed by atoms with E-state index in [1.165, 1.54) is 0 Å². The summed E-state index contributed by atoms with van der Waals surface area (Å²) in [4.78, 5) is 11.8. The van der Waals surface area contributed by atoms with Gasteiger partial charge in [-0.3, -0.25) is 4.79 Å². The van der Waals surface area contributed by atoms with Crippen LogP contribution in [-0.2, 0) is 0 Å². The highest BCUT2D eigenvalue weighted by atomic mass is 35.5. The van der Waals surface area contributed by atoms with Crippen molar-refractivity contribution < 1.29 is 15.0 Å². The van der Waals surface area contributed by atoms with Gasteiger partial charge in [0.05, 0.1) is 0 Å². The highest BCUT2D eigenvalue weighted by molar-refractivity contribution is 6.67. The maximum absolute atomic E-state index is 11.8. The lowest BCUT2D eigenvalue weighted by Crippen LogP contribution is -2.08. The van der Waals surface area contributed by atoms with Crippen LogP contribution >= 0.6 is 11.6 Å². The van der Waals surface area contributed by atoms with E-state index >= 15 is 0 Å². The molecule has 0 atom stereocenters. The summed E-state index contributed by atoms with van der Waals surface area (Å²) in [5, 5.41) is 18.6. The fourth-order valence-corrected chi connectivity index (χ4v) is 2.98. The topological polar surface area (TPSA) is 57.5 Å². The molecule has 0 radical (unpaired) electrons. The summed E-state index contributed by atoms with van der Waals surface area (Å²) in [7, 11) is 0. The van der Waals surface area contributed by atoms with Crippen LogP contribution in [0.3, 0.4) is 0 Å². The maximum atomic E-state index is 11.8. The zero-order valence-electron chi connectivity index (χ0n) is 12.7. The van der Waals surface area contributed by atoms with Crippen LogP contribution in [0.25, 0.3) is 0 Å². The molecule has 0 aromatic heterocycles. The van der Waals surface area contributed by atoms with Gasteiger partial charge in [-0.1, -0.05) is 42.5 Å². The molecule has 0 unspecified atom stereocenters. The summed E-state index contributed by atoms with van der Waals surface area (Å²) < 4.78 is 0. The monoisotopic (exact) mass is 338 g/mol. The standard InChI is InChI=1S/C20H15ClO3/c21-20(24)18-4-2-1-3-17(18)19(13-5-9-15(22)10-6-13)14-7-11-16(23)12-8-14/h1-12,19,22-23H. The highest BCUT2D eigenvalue weighted by Crippen LogP contribution is 2.35. The van der Waals surface area contributed by atoms with Crippen molar-refractivity contribution in [2.24, 2.45) is 0 Å². The molecule has 0 fully saturated rings. The number of carbonyl (C=O) groups excluding carboxylic acids is 1. The molecule has 120 valence electrons. The van der Waals surface area contributed by atoms with Crippen LogP contribution in [-0.4, -0.2) is 15.5 Å². The molecule has 3 aromatic carbocycles. The van der Waals surface area contributed by atoms with Crippen LogP contribution in [0.5, 0.6) is 11.5 Å². The summed E-state index contributed by atoms with van der Waals surface area (Å²) in [5.74, 6) is 0.0972. The second kappa shape index (κ2) is 6.77. The molecule has 0 bridgehead atoms. The predicted octanol–water partition coefficient (Wildman–Crippen LogP) is 4.66. The average Bonchev–Trinajstić information content (AvgIpc) is 2.59. The van der Waals surface area contributed by atoms with Gasteiger partial charge in [-0.25, -0.2) is 0 Å². The lowest BCUT2D eigenvalue weighted by atomic mass is 9.83. The third-order valence-electron chi connectivity index (χ3n) is 3.94. The van der Waals surface area contributed by atoms with E-state index in [0.717, 1.165) is 16.7 Å². The van der Waals surface area contributed by atoms with Crippen molar-refractivity contribution in [3.8, 4) is 11.5 Å². The van der Waals surface area contributed by atoms with Crippen molar-refractivity contribution in [3.63, 3.8) is 0 Å². The average molecular weight is 339 g/mol. The second-order valence-corrected chi connectivity index (χ2v) is 5.82. The van der Waals surface area contributed by atoms with Crippen LogP contribution in [0.4, 0.5) is 0 Å². The fourth-order valence-electron chi connectivity index (χ4n) is 2.81. The zero-order chi connectivity index (χ0) is 17.1. The Kier molecular flexibility index (Phi) is 4.54. The number of rotatable bonds is 4. The van der Waals surface area contributed by atoms with Crippen LogP contribution in [0.1, 0.15) is 33.0 Å². The fraction of sp³-hybridized carbons (Fsp3) is 0.0500. The highest BCUT2D eigenvalue weighted by Gasteiger charge is 2.21. The van der Waals surface area contributed by atoms with Crippen LogP contribution < -0.4 is 0 Å². The smallest absolute Gasteiger partial charge is 0.252 e. The first-order valence-corrected chi connectivity index (χ1v) is 7.80. The Morgan fingerprint density at radius 3 is 1.67 bits per heavy atom. The molecule has 3 rings (SSSR count). The van der Waals surface area contributed by atoms with Crippen molar-refractivity contribution in [3.05, 3.63) is 95.1 Å². The lowest BCUT2D eigenvalue weighted by molar-refractivity contribution is 0.108. The zero-order valence-corrected chi connectivity index (χ0v) is 13.4. The van der Waals surface area contributed by atoms with E-state index in [-0.39, 0.29) is 17.4 Å². The van der Waals surface area contributed by atoms with Crippen molar-refractivity contribution >= 4 is 16.8 Å². The minimum absolute atomic E-state index is 0.171. The Labute approximate surface area is 144 Å². The lowest BCUT2D eigenvalue weighted by Gasteiger charge is -2.21. The number of aromatic hydroxyl groups is 2. The molecule has 0 aliphatic heterocycles. The number of benzene rings is 3. The van der Waals surface area contributed by atoms with E-state index < -0.39 is 5.24 Å². The van der Waals surface area contributed by atoms with E-state index in [2.05, 4.69) is 0 Å². The van der Waals surface area contributed by atoms with Gasteiger partial charge in [-0.2, -0.15) is 0 Å². The Hall–Kier alpha value is -2.78. The molecule has 0 spiro atoms. The minimum Gasteiger partial charge on any atom is -0.508 e. The maximum Gasteiger partial charge on any atom is 0.252 e. The van der Waals surface area contributed by atoms with Gasteiger partial charge in [0, 0.05) is 11.5 Å². The summed E-state index contributed by atoms with van der Waals surface area (Å²) in [6.45, 7) is 0. The molecule has 0 heterocycles. The van der Waals surface area contributed by atoms with Gasteiger partial charge in [-0.05, 0) is 58.6 Å². The first-order chi connectivity index (χ1) is 11.6. The third kappa shape index (κ3) is 3.26. The van der Waals surface area contributed by atoms with Gasteiger partial charge in [-0.15, -0.1) is 0 Å². The summed E-state index contributed by atoms with van der Waals surface area (Å²) in [5.41, 5.74) is 3.02. The van der Waals surface area contributed by atoms with Gasteiger partial charge < -0.3 is 10.2 Å². The molecular weight excluding hydrogens is 324 g/mol. The largest absolute Gasteiger partial charge is 0.508 e. The van der Waals surface area contributed by atoms with Gasteiger partial charge in [0.1, 0.15) is 11.5 Å². The summed E-state index contributed by atoms with van der Waals surface area (Å²) in [6, 6.07) is 20.8. The minimum atomic E-state index is -0.520. The molecule has 0 saturated heterocycles. The quantitative estimate of drug-likeness (QED) is 0.537. The molecule has 0 saturated carbocycles. The van der Waals surface area contributed by atoms with E-state index in [1.54, 1.807) is 36.4 Å². The molecular formula is C20H15ClO3. The predicted molar refractivity (Wildman–Crippen MR) is 93.8 cm³/mol. The van der Waals surface area contributed by atoms with Gasteiger partial charge in [0.25, 0.3) is 5.24 Å². The van der Waals surface area contributed by atoms with Gasteiger partial charge >= 0.3 is 0 Å². The molecule has 0 aliphatic rings. The van der Waals surface area contributed by atoms with Gasteiger partial charge in [0.15, 0.2) is 0 Å². The number of hydrogen-bond acceptors (Lipinski definition) is 3. The van der Waals surface area contributed by atoms with E-state index in [4.69, 9.17) is 11.6 Å². The number of halogens is 1. The first-order valence-electron chi connectivity index (χ1n) is 7.43. The Bertz CT molecular complexity index is 809. The molecule has 24 heavy (non-hydrogen) atoms. The van der Waals surface area contributed by atoms with Crippen molar-refractivity contribution in [1.82, 2.24) is 0 Å². The first kappa shape index (κ1) is 16.1. The molecule has 3 aromatic rings. The van der Waals surface area contributed by atoms with Crippen molar-refractivity contribution in [2.75, 3.05) is 0 Å². The van der Waals surface area contributed by atoms with E-state index in [9.17, 15) is 15.0 Å². The molecule has 4 heteroatoms. The molecule has 0 amide bonds. The number of phenols is 2. The Morgan fingerprint density at radius 1 is 0.750 bits per heavy atom. The van der Waals surface area contributed by atoms with Crippen molar-refractivity contribution in [1.29, 1.82) is 0 Å². The van der Waals surface area contributed by atoms with Crippen LogP contribution in [0.15, 0.2) is 72.8 Å². The summed E-state index contributed by atoms with van der Waals surface area (Å²) in [6.07, 6.45) is 0. The molecule has 3 nitrogen and oxygen atoms in total. The number of carbonyl (C=O) groups is 1. The third-order valence-corrected chi connectivity index (χ3v) is 4.14. The SMILES string of the molecule is O=C(Cl)c1ccccc1C(c1ccc(O)cc1)c1ccc(O)cc1. The summed E-state index contributed by atoms with van der Waals surface area (Å²) >= 11 is 5.76. The van der Waals surface area contributed by atoms with Crippen LogP contribution in [0.2, 0.25) is 0 Å². The number of phenolic OH excluding ortho intramolecular Hbond substituents is 2. The Balaban J connectivity index is 2.21. The second-order valence-electron chi connectivity index (χ2n) is 5.48. The van der Waals surface area contributed by atoms with Crippen molar-refractivity contribution in [2.45, 2.75) is 5.92 Å². The molecule has 2 N–H and O–H groups in total. The normalized spacial score (nSPS) is 10.8. The Morgan fingerprint density at radius 2 is 1.21 bits per heavy atom. The number of hydrogen-bond donors (Lipinski definition) is 2. The van der Waals surface area contributed by atoms with Crippen LogP contribution in [0, 0.1) is 0 Å². The van der Waals surface area contributed by atoms with E-state index in [1.807, 2.05) is 36.4 Å². The van der Waals surface area contributed by atoms with Gasteiger partial charge in [0.2, 0.25) is 0 Å².